The van der Waals surface area contributed by atoms with Gasteiger partial charge in [-0.25, -0.2) is 4.98 Å². The maximum atomic E-state index is 5.24. The number of hydrogen-bond donors (Lipinski definition) is 0. The summed E-state index contributed by atoms with van der Waals surface area (Å²) in [6, 6.07) is 1.96. The topological polar surface area (TPSA) is 31.4 Å². The predicted molar refractivity (Wildman–Crippen MR) is 39.3 cm³/mol. The summed E-state index contributed by atoms with van der Waals surface area (Å²) >= 11 is 0. The van der Waals surface area contributed by atoms with E-state index in [1.807, 2.05) is 6.07 Å². The molecule has 0 spiro atoms. The molecule has 0 saturated carbocycles. The zero-order chi connectivity index (χ0) is 7.68. The second-order valence-corrected chi connectivity index (χ2v) is 2.45. The maximum absolute atomic E-state index is 5.24. The number of ether oxygens (including phenoxy) is 2. The summed E-state index contributed by atoms with van der Waals surface area (Å²) in [5.41, 5.74) is 2.28. The van der Waals surface area contributed by atoms with Gasteiger partial charge >= 0.3 is 0 Å². The van der Waals surface area contributed by atoms with Crippen LogP contribution in [0.2, 0.25) is 0 Å². The van der Waals surface area contributed by atoms with Crippen LogP contribution in [-0.2, 0) is 18.0 Å². The summed E-state index contributed by atoms with van der Waals surface area (Å²) < 4.78 is 10.3. The second kappa shape index (κ2) is 2.51. The SMILES string of the molecule is COc1nccc2c1COC2. The van der Waals surface area contributed by atoms with Crippen LogP contribution in [0.1, 0.15) is 11.1 Å². The normalized spacial score (nSPS) is 14.6. The molecule has 0 amide bonds. The fourth-order valence-electron chi connectivity index (χ4n) is 1.24. The minimum absolute atomic E-state index is 0.631. The highest BCUT2D eigenvalue weighted by Crippen LogP contribution is 2.25. The van der Waals surface area contributed by atoms with Gasteiger partial charge in [-0.3, -0.25) is 0 Å². The quantitative estimate of drug-likeness (QED) is 0.602. The van der Waals surface area contributed by atoms with Crippen molar-refractivity contribution >= 4 is 0 Å². The molecule has 1 aromatic heterocycles. The van der Waals surface area contributed by atoms with Gasteiger partial charge in [-0.15, -0.1) is 0 Å². The van der Waals surface area contributed by atoms with E-state index in [1.165, 1.54) is 5.56 Å². The summed E-state index contributed by atoms with van der Waals surface area (Å²) in [6.45, 7) is 1.32. The third-order valence-corrected chi connectivity index (χ3v) is 1.81. The van der Waals surface area contributed by atoms with E-state index in [1.54, 1.807) is 13.3 Å². The molecule has 1 aliphatic rings. The number of aromatic nitrogens is 1. The molecule has 0 unspecified atom stereocenters. The number of nitrogens with zero attached hydrogens (tertiary/aromatic N) is 1. The average Bonchev–Trinajstić information content (AvgIpc) is 2.50. The highest BCUT2D eigenvalue weighted by atomic mass is 16.5. The molecule has 58 valence electrons. The number of fused-ring (bicyclic) bond motifs is 1. The predicted octanol–water partition coefficient (Wildman–Crippen LogP) is 1.12. The molecule has 2 rings (SSSR count). The smallest absolute Gasteiger partial charge is 0.218 e. The Morgan fingerprint density at radius 1 is 1.55 bits per heavy atom. The van der Waals surface area contributed by atoms with Crippen LogP contribution in [0.25, 0.3) is 0 Å². The van der Waals surface area contributed by atoms with Gasteiger partial charge < -0.3 is 9.47 Å². The third-order valence-electron chi connectivity index (χ3n) is 1.81. The van der Waals surface area contributed by atoms with E-state index >= 15 is 0 Å². The Morgan fingerprint density at radius 3 is 3.27 bits per heavy atom. The zero-order valence-electron chi connectivity index (χ0n) is 6.33. The minimum Gasteiger partial charge on any atom is -0.481 e. The first-order chi connectivity index (χ1) is 5.42. The molecule has 3 heteroatoms. The highest BCUT2D eigenvalue weighted by Gasteiger charge is 2.15. The fourth-order valence-corrected chi connectivity index (χ4v) is 1.24. The fraction of sp³-hybridized carbons (Fsp3) is 0.375. The van der Waals surface area contributed by atoms with Crippen molar-refractivity contribution in [3.63, 3.8) is 0 Å². The van der Waals surface area contributed by atoms with E-state index in [0.717, 1.165) is 5.56 Å². The van der Waals surface area contributed by atoms with Crippen LogP contribution in [0.3, 0.4) is 0 Å². The van der Waals surface area contributed by atoms with Crippen LogP contribution in [0.15, 0.2) is 12.3 Å². The number of pyridine rings is 1. The Morgan fingerprint density at radius 2 is 2.45 bits per heavy atom. The molecule has 0 N–H and O–H groups in total. The van der Waals surface area contributed by atoms with Crippen molar-refractivity contribution in [1.29, 1.82) is 0 Å². The lowest BCUT2D eigenvalue weighted by Crippen LogP contribution is -1.93. The number of rotatable bonds is 1. The van der Waals surface area contributed by atoms with Gasteiger partial charge in [-0.2, -0.15) is 0 Å². The summed E-state index contributed by atoms with van der Waals surface area (Å²) in [4.78, 5) is 4.07. The van der Waals surface area contributed by atoms with Crippen LogP contribution in [0.4, 0.5) is 0 Å². The van der Waals surface area contributed by atoms with Crippen LogP contribution < -0.4 is 4.74 Å². The molecule has 3 nitrogen and oxygen atoms in total. The molecule has 0 atom stereocenters. The largest absolute Gasteiger partial charge is 0.481 e. The lowest BCUT2D eigenvalue weighted by Gasteiger charge is -2.02. The summed E-state index contributed by atoms with van der Waals surface area (Å²) in [6.07, 6.45) is 1.74. The molecule has 0 radical (unpaired) electrons. The summed E-state index contributed by atoms with van der Waals surface area (Å²) in [7, 11) is 1.63. The van der Waals surface area contributed by atoms with E-state index in [2.05, 4.69) is 4.98 Å². The molecular formula is C8H9NO2. The standard InChI is InChI=1S/C8H9NO2/c1-10-8-7-5-11-4-6(7)2-3-9-8/h2-3H,4-5H2,1H3. The van der Waals surface area contributed by atoms with E-state index in [4.69, 9.17) is 9.47 Å². The molecule has 2 heterocycles. The van der Waals surface area contributed by atoms with Gasteiger partial charge in [-0.05, 0) is 11.6 Å². The van der Waals surface area contributed by atoms with Gasteiger partial charge in [0.2, 0.25) is 5.88 Å². The molecule has 0 aliphatic carbocycles. The van der Waals surface area contributed by atoms with Gasteiger partial charge in [0.05, 0.1) is 20.3 Å². The second-order valence-electron chi connectivity index (χ2n) is 2.45. The first-order valence-corrected chi connectivity index (χ1v) is 3.50. The molecule has 1 aliphatic heterocycles. The molecule has 0 fully saturated rings. The molecule has 0 bridgehead atoms. The Kier molecular flexibility index (Phi) is 1.51. The van der Waals surface area contributed by atoms with Crippen LogP contribution >= 0.6 is 0 Å². The molecular weight excluding hydrogens is 142 g/mol. The van der Waals surface area contributed by atoms with E-state index < -0.39 is 0 Å². The Balaban J connectivity index is 2.50. The van der Waals surface area contributed by atoms with Gasteiger partial charge in [0, 0.05) is 11.8 Å². The Bertz CT molecular complexity index is 273. The lowest BCUT2D eigenvalue weighted by molar-refractivity contribution is 0.133. The van der Waals surface area contributed by atoms with Gasteiger partial charge in [0.15, 0.2) is 0 Å². The monoisotopic (exact) mass is 151 g/mol. The minimum atomic E-state index is 0.631. The van der Waals surface area contributed by atoms with Crippen LogP contribution in [-0.4, -0.2) is 12.1 Å². The molecule has 0 aromatic carbocycles. The number of hydrogen-bond acceptors (Lipinski definition) is 3. The highest BCUT2D eigenvalue weighted by molar-refractivity contribution is 5.35. The zero-order valence-corrected chi connectivity index (χ0v) is 6.33. The summed E-state index contributed by atoms with van der Waals surface area (Å²) in [5.74, 6) is 0.694. The third kappa shape index (κ3) is 0.973. The van der Waals surface area contributed by atoms with Crippen molar-refractivity contribution in [2.75, 3.05) is 7.11 Å². The van der Waals surface area contributed by atoms with Crippen molar-refractivity contribution < 1.29 is 9.47 Å². The molecule has 0 saturated heterocycles. The van der Waals surface area contributed by atoms with Crippen molar-refractivity contribution in [3.8, 4) is 5.88 Å². The van der Waals surface area contributed by atoms with Crippen LogP contribution in [0, 0.1) is 0 Å². The Hall–Kier alpha value is -1.09. The average molecular weight is 151 g/mol. The van der Waals surface area contributed by atoms with E-state index in [9.17, 15) is 0 Å². The van der Waals surface area contributed by atoms with E-state index in [-0.39, 0.29) is 0 Å². The summed E-state index contributed by atoms with van der Waals surface area (Å²) in [5, 5.41) is 0. The van der Waals surface area contributed by atoms with Crippen molar-refractivity contribution in [2.45, 2.75) is 13.2 Å². The van der Waals surface area contributed by atoms with Gasteiger partial charge in [0.25, 0.3) is 0 Å². The molecule has 1 aromatic rings. The van der Waals surface area contributed by atoms with Crippen molar-refractivity contribution in [2.24, 2.45) is 0 Å². The Labute approximate surface area is 65.0 Å². The first-order valence-electron chi connectivity index (χ1n) is 3.50. The van der Waals surface area contributed by atoms with Gasteiger partial charge in [0.1, 0.15) is 0 Å². The maximum Gasteiger partial charge on any atom is 0.218 e. The molecule has 11 heavy (non-hydrogen) atoms. The van der Waals surface area contributed by atoms with Gasteiger partial charge in [-0.1, -0.05) is 0 Å². The van der Waals surface area contributed by atoms with Crippen molar-refractivity contribution in [1.82, 2.24) is 4.98 Å². The van der Waals surface area contributed by atoms with Crippen molar-refractivity contribution in [3.05, 3.63) is 23.4 Å². The van der Waals surface area contributed by atoms with E-state index in [0.29, 0.717) is 19.1 Å². The lowest BCUT2D eigenvalue weighted by atomic mass is 10.2. The first kappa shape index (κ1) is 6.61. The van der Waals surface area contributed by atoms with Crippen LogP contribution in [0.5, 0.6) is 5.88 Å². The number of methoxy groups -OCH3 is 1.